The molecule has 2 rings (SSSR count). The van der Waals surface area contributed by atoms with Crippen LogP contribution in [0.1, 0.15) is 5.56 Å². The van der Waals surface area contributed by atoms with Gasteiger partial charge in [0.25, 0.3) is 0 Å². The average Bonchev–Trinajstić information content (AvgIpc) is 2.65. The SMILES string of the molecule is Cc1ccc(NC(=O)N2C[C@@H](O)[C@@H](O)C2)cc1Cl. The van der Waals surface area contributed by atoms with Crippen LogP contribution in [0.5, 0.6) is 0 Å². The second-order valence-corrected chi connectivity index (χ2v) is 4.84. The lowest BCUT2D eigenvalue weighted by atomic mass is 10.2. The molecular formula is C12H15ClN2O3. The number of urea groups is 1. The summed E-state index contributed by atoms with van der Waals surface area (Å²) >= 11 is 5.96. The van der Waals surface area contributed by atoms with Gasteiger partial charge in [0.05, 0.1) is 25.3 Å². The van der Waals surface area contributed by atoms with Crippen LogP contribution >= 0.6 is 11.6 Å². The van der Waals surface area contributed by atoms with Gasteiger partial charge in [-0.25, -0.2) is 4.79 Å². The monoisotopic (exact) mass is 270 g/mol. The first-order chi connectivity index (χ1) is 8.47. The van der Waals surface area contributed by atoms with E-state index in [1.54, 1.807) is 12.1 Å². The van der Waals surface area contributed by atoms with Crippen molar-refractivity contribution in [2.45, 2.75) is 19.1 Å². The molecule has 2 atom stereocenters. The summed E-state index contributed by atoms with van der Waals surface area (Å²) in [7, 11) is 0. The molecule has 3 N–H and O–H groups in total. The Morgan fingerprint density at radius 2 is 2.00 bits per heavy atom. The number of hydrogen-bond acceptors (Lipinski definition) is 3. The van der Waals surface area contributed by atoms with Crippen molar-refractivity contribution in [1.29, 1.82) is 0 Å². The van der Waals surface area contributed by atoms with E-state index in [9.17, 15) is 15.0 Å². The minimum absolute atomic E-state index is 0.132. The summed E-state index contributed by atoms with van der Waals surface area (Å²) in [6.07, 6.45) is -1.75. The summed E-state index contributed by atoms with van der Waals surface area (Å²) in [5, 5.41) is 22.0. The van der Waals surface area contributed by atoms with E-state index in [-0.39, 0.29) is 19.1 Å². The number of anilines is 1. The van der Waals surface area contributed by atoms with E-state index in [4.69, 9.17) is 11.6 Å². The van der Waals surface area contributed by atoms with Gasteiger partial charge in [-0.2, -0.15) is 0 Å². The van der Waals surface area contributed by atoms with Crippen molar-refractivity contribution < 1.29 is 15.0 Å². The molecule has 0 unspecified atom stereocenters. The molecule has 2 amide bonds. The normalized spacial score (nSPS) is 23.2. The lowest BCUT2D eigenvalue weighted by molar-refractivity contribution is 0.0572. The Kier molecular flexibility index (Phi) is 3.75. The number of benzene rings is 1. The maximum Gasteiger partial charge on any atom is 0.322 e. The molecule has 0 bridgehead atoms. The van der Waals surface area contributed by atoms with E-state index < -0.39 is 12.2 Å². The first-order valence-corrected chi connectivity index (χ1v) is 6.03. The summed E-state index contributed by atoms with van der Waals surface area (Å²) in [5.74, 6) is 0. The second-order valence-electron chi connectivity index (χ2n) is 4.43. The summed E-state index contributed by atoms with van der Waals surface area (Å²) in [4.78, 5) is 13.2. The number of β-amino-alcohol motifs (C(OH)–C–C–N with tert-alkyl or cyclic N) is 2. The van der Waals surface area contributed by atoms with Crippen LogP contribution in [-0.4, -0.2) is 46.4 Å². The van der Waals surface area contributed by atoms with Crippen molar-refractivity contribution in [2.75, 3.05) is 18.4 Å². The number of aryl methyl sites for hydroxylation is 1. The number of hydrogen-bond donors (Lipinski definition) is 3. The van der Waals surface area contributed by atoms with Gasteiger partial charge >= 0.3 is 6.03 Å². The summed E-state index contributed by atoms with van der Waals surface area (Å²) in [6.45, 7) is 2.14. The van der Waals surface area contributed by atoms with Gasteiger partial charge in [0, 0.05) is 10.7 Å². The fourth-order valence-corrected chi connectivity index (χ4v) is 1.99. The Hall–Kier alpha value is -1.30. The number of rotatable bonds is 1. The zero-order chi connectivity index (χ0) is 13.3. The van der Waals surface area contributed by atoms with Crippen LogP contribution in [0.3, 0.4) is 0 Å². The van der Waals surface area contributed by atoms with Gasteiger partial charge in [-0.05, 0) is 24.6 Å². The van der Waals surface area contributed by atoms with Crippen LogP contribution in [0, 0.1) is 6.92 Å². The molecule has 1 aliphatic heterocycles. The van der Waals surface area contributed by atoms with Gasteiger partial charge in [0.15, 0.2) is 0 Å². The third-order valence-corrected chi connectivity index (χ3v) is 3.38. The van der Waals surface area contributed by atoms with Crippen molar-refractivity contribution in [3.63, 3.8) is 0 Å². The van der Waals surface area contributed by atoms with E-state index in [2.05, 4.69) is 5.32 Å². The molecular weight excluding hydrogens is 256 g/mol. The maximum absolute atomic E-state index is 11.9. The second kappa shape index (κ2) is 5.14. The van der Waals surface area contributed by atoms with Gasteiger partial charge in [-0.3, -0.25) is 0 Å². The lowest BCUT2D eigenvalue weighted by Crippen LogP contribution is -2.33. The summed E-state index contributed by atoms with van der Waals surface area (Å²) in [6, 6.07) is 4.87. The molecule has 18 heavy (non-hydrogen) atoms. The van der Waals surface area contributed by atoms with Crippen LogP contribution in [0.15, 0.2) is 18.2 Å². The third kappa shape index (κ3) is 2.75. The zero-order valence-corrected chi connectivity index (χ0v) is 10.7. The largest absolute Gasteiger partial charge is 0.388 e. The number of amides is 2. The smallest absolute Gasteiger partial charge is 0.322 e. The van der Waals surface area contributed by atoms with Gasteiger partial charge in [0.1, 0.15) is 0 Å². The van der Waals surface area contributed by atoms with E-state index >= 15 is 0 Å². The van der Waals surface area contributed by atoms with Crippen molar-refractivity contribution in [2.24, 2.45) is 0 Å². The molecule has 0 saturated carbocycles. The number of halogens is 1. The molecule has 1 aromatic carbocycles. The molecule has 0 spiro atoms. The molecule has 98 valence electrons. The van der Waals surface area contributed by atoms with Crippen LogP contribution < -0.4 is 5.32 Å². The molecule has 1 saturated heterocycles. The van der Waals surface area contributed by atoms with E-state index in [1.807, 2.05) is 13.0 Å². The zero-order valence-electron chi connectivity index (χ0n) is 9.93. The predicted molar refractivity (Wildman–Crippen MR) is 68.8 cm³/mol. The first-order valence-electron chi connectivity index (χ1n) is 5.65. The fraction of sp³-hybridized carbons (Fsp3) is 0.417. The highest BCUT2D eigenvalue weighted by molar-refractivity contribution is 6.31. The standard InChI is InChI=1S/C12H15ClN2O3/c1-7-2-3-8(4-9(7)13)14-12(18)15-5-10(16)11(17)6-15/h2-4,10-11,16-17H,5-6H2,1H3,(H,14,18)/t10-,11+. The highest BCUT2D eigenvalue weighted by Crippen LogP contribution is 2.20. The van der Waals surface area contributed by atoms with Gasteiger partial charge in [-0.1, -0.05) is 17.7 Å². The Labute approximate surface area is 110 Å². The maximum atomic E-state index is 11.9. The topological polar surface area (TPSA) is 72.8 Å². The highest BCUT2D eigenvalue weighted by atomic mass is 35.5. The lowest BCUT2D eigenvalue weighted by Gasteiger charge is -2.16. The van der Waals surface area contributed by atoms with Gasteiger partial charge < -0.3 is 20.4 Å². The molecule has 6 heteroatoms. The van der Waals surface area contributed by atoms with Crippen molar-refractivity contribution in [1.82, 2.24) is 4.90 Å². The molecule has 1 heterocycles. The molecule has 0 radical (unpaired) electrons. The van der Waals surface area contributed by atoms with E-state index in [0.29, 0.717) is 10.7 Å². The number of nitrogens with one attached hydrogen (secondary N) is 1. The Morgan fingerprint density at radius 1 is 1.39 bits per heavy atom. The van der Waals surface area contributed by atoms with Crippen LogP contribution in [0.4, 0.5) is 10.5 Å². The van der Waals surface area contributed by atoms with Crippen LogP contribution in [0.25, 0.3) is 0 Å². The summed E-state index contributed by atoms with van der Waals surface area (Å²) < 4.78 is 0. The predicted octanol–water partition coefficient (Wildman–Crippen LogP) is 1.22. The number of likely N-dealkylation sites (tertiary alicyclic amines) is 1. The number of nitrogens with zero attached hydrogens (tertiary/aromatic N) is 1. The van der Waals surface area contributed by atoms with Gasteiger partial charge in [-0.15, -0.1) is 0 Å². The molecule has 0 aliphatic carbocycles. The fourth-order valence-electron chi connectivity index (χ4n) is 1.81. The van der Waals surface area contributed by atoms with Crippen LogP contribution in [-0.2, 0) is 0 Å². The highest BCUT2D eigenvalue weighted by Gasteiger charge is 2.32. The van der Waals surface area contributed by atoms with Crippen LogP contribution in [0.2, 0.25) is 5.02 Å². The number of aliphatic hydroxyl groups is 2. The Bertz CT molecular complexity index is 457. The molecule has 1 fully saturated rings. The molecule has 1 aliphatic rings. The number of carbonyl (C=O) groups excluding carboxylic acids is 1. The van der Waals surface area contributed by atoms with E-state index in [1.165, 1.54) is 4.90 Å². The quantitative estimate of drug-likeness (QED) is 0.718. The third-order valence-electron chi connectivity index (χ3n) is 2.97. The molecule has 1 aromatic rings. The molecule has 0 aromatic heterocycles. The first kappa shape index (κ1) is 13.1. The minimum Gasteiger partial charge on any atom is -0.388 e. The average molecular weight is 271 g/mol. The summed E-state index contributed by atoms with van der Waals surface area (Å²) in [5.41, 5.74) is 1.52. The Balaban J connectivity index is 2.01. The van der Waals surface area contributed by atoms with Gasteiger partial charge in [0.2, 0.25) is 0 Å². The van der Waals surface area contributed by atoms with Crippen molar-refractivity contribution in [3.05, 3.63) is 28.8 Å². The minimum atomic E-state index is -0.877. The number of aliphatic hydroxyl groups excluding tert-OH is 2. The van der Waals surface area contributed by atoms with Crippen molar-refractivity contribution >= 4 is 23.3 Å². The number of carbonyl (C=O) groups is 1. The van der Waals surface area contributed by atoms with Crippen molar-refractivity contribution in [3.8, 4) is 0 Å². The van der Waals surface area contributed by atoms with E-state index in [0.717, 1.165) is 5.56 Å². The Morgan fingerprint density at radius 3 is 2.56 bits per heavy atom. The molecule has 5 nitrogen and oxygen atoms in total.